The second-order valence-electron chi connectivity index (χ2n) is 4.45. The zero-order valence-electron chi connectivity index (χ0n) is 12.5. The highest BCUT2D eigenvalue weighted by Gasteiger charge is 2.26. The van der Waals surface area contributed by atoms with Crippen molar-refractivity contribution in [3.63, 3.8) is 0 Å². The van der Waals surface area contributed by atoms with Crippen molar-refractivity contribution in [1.82, 2.24) is 9.62 Å². The molecule has 0 heterocycles. The summed E-state index contributed by atoms with van der Waals surface area (Å²) in [5.41, 5.74) is 0.706. The maximum atomic E-state index is 12.6. The van der Waals surface area contributed by atoms with Crippen molar-refractivity contribution in [1.29, 1.82) is 0 Å². The number of ether oxygens (including phenoxy) is 1. The van der Waals surface area contributed by atoms with Gasteiger partial charge in [-0.3, -0.25) is 0 Å². The number of rotatable bonds is 8. The van der Waals surface area contributed by atoms with Crippen molar-refractivity contribution in [2.45, 2.75) is 18.4 Å². The number of nitrogens with zero attached hydrogens (tertiary/aromatic N) is 1. The minimum atomic E-state index is -3.69. The van der Waals surface area contributed by atoms with Gasteiger partial charge < -0.3 is 10.1 Å². The van der Waals surface area contributed by atoms with E-state index in [2.05, 4.69) is 11.9 Å². The molecule has 0 atom stereocenters. The minimum Gasteiger partial charge on any atom is -0.495 e. The molecule has 1 N–H and O–H groups in total. The molecule has 1 rings (SSSR count). The molecule has 0 radical (unpaired) electrons. The number of halogens is 1. The van der Waals surface area contributed by atoms with Crippen molar-refractivity contribution in [2.75, 3.05) is 27.2 Å². The van der Waals surface area contributed by atoms with Gasteiger partial charge in [0.1, 0.15) is 10.6 Å². The van der Waals surface area contributed by atoms with Gasteiger partial charge in [-0.25, -0.2) is 8.42 Å². The fourth-order valence-electron chi connectivity index (χ4n) is 1.88. The average Bonchev–Trinajstić information content (AvgIpc) is 2.44. The summed E-state index contributed by atoms with van der Waals surface area (Å²) in [6, 6.07) is 3.11. The van der Waals surface area contributed by atoms with E-state index in [-0.39, 0.29) is 11.4 Å². The maximum absolute atomic E-state index is 12.6. The van der Waals surface area contributed by atoms with Crippen LogP contribution in [0.15, 0.2) is 29.7 Å². The Morgan fingerprint density at radius 2 is 2.14 bits per heavy atom. The van der Waals surface area contributed by atoms with Crippen molar-refractivity contribution >= 4 is 21.6 Å². The lowest BCUT2D eigenvalue weighted by molar-refractivity contribution is 0.393. The number of nitrogens with one attached hydrogen (secondary N) is 1. The number of methoxy groups -OCH3 is 1. The van der Waals surface area contributed by atoms with Gasteiger partial charge in [0.25, 0.3) is 0 Å². The molecule has 0 aromatic heterocycles. The van der Waals surface area contributed by atoms with Gasteiger partial charge in [0.2, 0.25) is 10.0 Å². The van der Waals surface area contributed by atoms with Crippen molar-refractivity contribution in [3.8, 4) is 5.75 Å². The van der Waals surface area contributed by atoms with Crippen LogP contribution in [0.4, 0.5) is 0 Å². The van der Waals surface area contributed by atoms with Gasteiger partial charge >= 0.3 is 0 Å². The molecule has 5 nitrogen and oxygen atoms in total. The first kappa shape index (κ1) is 18.0. The van der Waals surface area contributed by atoms with Gasteiger partial charge in [-0.2, -0.15) is 4.31 Å². The highest BCUT2D eigenvalue weighted by molar-refractivity contribution is 7.89. The quantitative estimate of drug-likeness (QED) is 0.742. The fourth-order valence-corrected chi connectivity index (χ4v) is 3.55. The minimum absolute atomic E-state index is 0.0646. The first-order chi connectivity index (χ1) is 9.88. The molecule has 0 spiro atoms. The lowest BCUT2D eigenvalue weighted by atomic mass is 10.2. The number of hydrogen-bond donors (Lipinski definition) is 1. The van der Waals surface area contributed by atoms with Crippen LogP contribution in [0.1, 0.15) is 12.5 Å². The third kappa shape index (κ3) is 4.20. The highest BCUT2D eigenvalue weighted by atomic mass is 35.5. The predicted octanol–water partition coefficient (Wildman–Crippen LogP) is 2.26. The summed E-state index contributed by atoms with van der Waals surface area (Å²) in [5.74, 6) is 0.316. The lowest BCUT2D eigenvalue weighted by Gasteiger charge is -2.19. The van der Waals surface area contributed by atoms with Crippen LogP contribution in [0.2, 0.25) is 5.02 Å². The standard InChI is InChI=1S/C14H21ClN2O3S/c1-5-7-17(3)21(18,19)13-9-12(15)8-11(10-16-6-2)14(13)20-4/h5,8-9,16H,1,6-7,10H2,2-4H3. The van der Waals surface area contributed by atoms with E-state index in [4.69, 9.17) is 16.3 Å². The second-order valence-corrected chi connectivity index (χ2v) is 6.90. The molecule has 7 heteroatoms. The SMILES string of the molecule is C=CCN(C)S(=O)(=O)c1cc(Cl)cc(CNCC)c1OC. The zero-order valence-corrected chi connectivity index (χ0v) is 14.1. The van der Waals surface area contributed by atoms with Crippen LogP contribution >= 0.6 is 11.6 Å². The van der Waals surface area contributed by atoms with Crippen molar-refractivity contribution in [3.05, 3.63) is 35.4 Å². The molecule has 0 saturated carbocycles. The monoisotopic (exact) mass is 332 g/mol. The first-order valence-corrected chi connectivity index (χ1v) is 8.34. The molecule has 118 valence electrons. The normalized spacial score (nSPS) is 11.7. The van der Waals surface area contributed by atoms with Gasteiger partial charge in [-0.05, 0) is 18.7 Å². The van der Waals surface area contributed by atoms with E-state index < -0.39 is 10.0 Å². The predicted molar refractivity (Wildman–Crippen MR) is 85.4 cm³/mol. The molecule has 1 aromatic rings. The Morgan fingerprint density at radius 1 is 1.48 bits per heavy atom. The van der Waals surface area contributed by atoms with Gasteiger partial charge in [-0.15, -0.1) is 6.58 Å². The molecule has 0 saturated heterocycles. The molecule has 0 unspecified atom stereocenters. The highest BCUT2D eigenvalue weighted by Crippen LogP contribution is 2.33. The maximum Gasteiger partial charge on any atom is 0.246 e. The van der Waals surface area contributed by atoms with E-state index in [9.17, 15) is 8.42 Å². The molecule has 0 aliphatic carbocycles. The summed E-state index contributed by atoms with van der Waals surface area (Å²) in [6.45, 7) is 6.96. The van der Waals surface area contributed by atoms with Gasteiger partial charge in [0.05, 0.1) is 7.11 Å². The number of benzene rings is 1. The third-order valence-electron chi connectivity index (χ3n) is 2.94. The fraction of sp³-hybridized carbons (Fsp3) is 0.429. The van der Waals surface area contributed by atoms with Crippen molar-refractivity contribution in [2.24, 2.45) is 0 Å². The largest absolute Gasteiger partial charge is 0.495 e. The van der Waals surface area contributed by atoms with E-state index in [1.807, 2.05) is 6.92 Å². The van der Waals surface area contributed by atoms with E-state index in [0.717, 1.165) is 6.54 Å². The van der Waals surface area contributed by atoms with Gasteiger partial charge in [0.15, 0.2) is 0 Å². The Morgan fingerprint density at radius 3 is 2.67 bits per heavy atom. The molecular weight excluding hydrogens is 312 g/mol. The summed E-state index contributed by atoms with van der Waals surface area (Å²) < 4.78 is 31.7. The molecule has 0 aliphatic heterocycles. The number of likely N-dealkylation sites (N-methyl/N-ethyl adjacent to an activating group) is 1. The van der Waals surface area contributed by atoms with Crippen LogP contribution in [0.25, 0.3) is 0 Å². The van der Waals surface area contributed by atoms with E-state index in [1.165, 1.54) is 30.6 Å². The van der Waals surface area contributed by atoms with E-state index in [1.54, 1.807) is 6.07 Å². The summed E-state index contributed by atoms with van der Waals surface area (Å²) in [5, 5.41) is 3.49. The smallest absolute Gasteiger partial charge is 0.246 e. The molecule has 0 bridgehead atoms. The van der Waals surface area contributed by atoms with Crippen LogP contribution in [0.3, 0.4) is 0 Å². The Bertz CT molecular complexity index is 602. The molecular formula is C14H21ClN2O3S. The number of sulfonamides is 1. The molecule has 21 heavy (non-hydrogen) atoms. The van der Waals surface area contributed by atoms with E-state index in [0.29, 0.717) is 22.9 Å². The summed E-state index contributed by atoms with van der Waals surface area (Å²) in [6.07, 6.45) is 1.52. The van der Waals surface area contributed by atoms with Crippen LogP contribution in [0, 0.1) is 0 Å². The molecule has 0 aliphatic rings. The second kappa shape index (κ2) is 7.79. The topological polar surface area (TPSA) is 58.6 Å². The first-order valence-electron chi connectivity index (χ1n) is 6.52. The van der Waals surface area contributed by atoms with Gasteiger partial charge in [0, 0.05) is 30.7 Å². The van der Waals surface area contributed by atoms with E-state index >= 15 is 0 Å². The Labute approximate surface area is 131 Å². The summed E-state index contributed by atoms with van der Waals surface area (Å²) in [7, 11) is -0.752. The van der Waals surface area contributed by atoms with Crippen molar-refractivity contribution < 1.29 is 13.2 Å². The van der Waals surface area contributed by atoms with Gasteiger partial charge in [-0.1, -0.05) is 24.6 Å². The molecule has 0 amide bonds. The lowest BCUT2D eigenvalue weighted by Crippen LogP contribution is -2.27. The number of hydrogen-bond acceptors (Lipinski definition) is 4. The van der Waals surface area contributed by atoms with Crippen LogP contribution in [-0.2, 0) is 16.6 Å². The van der Waals surface area contributed by atoms with Crippen LogP contribution in [-0.4, -0.2) is 40.0 Å². The molecule has 1 aromatic carbocycles. The van der Waals surface area contributed by atoms with Crippen LogP contribution < -0.4 is 10.1 Å². The Kier molecular flexibility index (Phi) is 6.67. The summed E-state index contributed by atoms with van der Waals surface area (Å²) in [4.78, 5) is 0.0646. The molecule has 0 fully saturated rings. The Hall–Kier alpha value is -1.08. The average molecular weight is 333 g/mol. The third-order valence-corrected chi connectivity index (χ3v) is 4.99. The van der Waals surface area contributed by atoms with Crippen LogP contribution in [0.5, 0.6) is 5.75 Å². The zero-order chi connectivity index (χ0) is 16.0. The Balaban J connectivity index is 3.40. The summed E-state index contributed by atoms with van der Waals surface area (Å²) >= 11 is 6.06.